The van der Waals surface area contributed by atoms with Crippen molar-refractivity contribution in [3.8, 4) is 11.5 Å². The minimum atomic E-state index is -1.03. The lowest BCUT2D eigenvalue weighted by Gasteiger charge is -2.57. The van der Waals surface area contributed by atoms with Crippen molar-refractivity contribution in [1.82, 2.24) is 5.32 Å². The third-order valence-corrected chi connectivity index (χ3v) is 9.94. The molecule has 8 rings (SSSR count). The van der Waals surface area contributed by atoms with Crippen molar-refractivity contribution in [3.05, 3.63) is 94.6 Å². The van der Waals surface area contributed by atoms with Crippen LogP contribution < -0.4 is 19.7 Å². The van der Waals surface area contributed by atoms with E-state index in [0.29, 0.717) is 28.3 Å². The number of barbiturate groups is 1. The molecule has 4 aliphatic carbocycles. The average molecular weight is 607 g/mol. The number of imide groups is 2. The summed E-state index contributed by atoms with van der Waals surface area (Å²) in [7, 11) is 1.47. The first-order valence-electron chi connectivity index (χ1n) is 15.4. The van der Waals surface area contributed by atoms with Crippen LogP contribution in [-0.2, 0) is 21.6 Å². The summed E-state index contributed by atoms with van der Waals surface area (Å²) in [6.45, 7) is 0.109. The number of hydrogen-bond donors (Lipinski definition) is 2. The number of benzene rings is 3. The molecule has 1 heterocycles. The predicted octanol–water partition coefficient (Wildman–Crippen LogP) is 6.11. The van der Waals surface area contributed by atoms with E-state index in [-0.39, 0.29) is 23.2 Å². The maximum absolute atomic E-state index is 13.6. The lowest BCUT2D eigenvalue weighted by atomic mass is 9.48. The average Bonchev–Trinajstić information content (AvgIpc) is 3.02. The number of urea groups is 1. The van der Waals surface area contributed by atoms with Gasteiger partial charge in [-0.25, -0.2) is 14.5 Å². The lowest BCUT2D eigenvalue weighted by molar-refractivity contribution is -0.122. The molecule has 4 bridgehead atoms. The van der Waals surface area contributed by atoms with Gasteiger partial charge in [0.25, 0.3) is 11.8 Å². The molecule has 9 nitrogen and oxygen atoms in total. The summed E-state index contributed by atoms with van der Waals surface area (Å²) in [5.74, 6) is 0.667. The Morgan fingerprint density at radius 2 is 1.62 bits per heavy atom. The number of methoxy groups -OCH3 is 1. The van der Waals surface area contributed by atoms with E-state index in [0.717, 1.165) is 22.7 Å². The van der Waals surface area contributed by atoms with Crippen molar-refractivity contribution < 1.29 is 33.8 Å². The summed E-state index contributed by atoms with van der Waals surface area (Å²) in [5.41, 5.74) is 3.04. The largest absolute Gasteiger partial charge is 0.493 e. The van der Waals surface area contributed by atoms with Crippen molar-refractivity contribution >= 4 is 35.6 Å². The van der Waals surface area contributed by atoms with Gasteiger partial charge in [-0.2, -0.15) is 0 Å². The molecule has 1 saturated heterocycles. The SMILES string of the molecule is COc1cc(/C=C2\C(=O)NC(=O)N(c3ccc(C45CC6CC(CC(C6)C4)C5)cc3)C2=O)ccc1OCc1cccc(C(=O)O)c1. The number of carboxylic acid groups (broad SMARTS) is 1. The van der Waals surface area contributed by atoms with E-state index in [1.54, 1.807) is 30.3 Å². The van der Waals surface area contributed by atoms with Gasteiger partial charge in [0.15, 0.2) is 11.5 Å². The maximum Gasteiger partial charge on any atom is 0.335 e. The minimum absolute atomic E-state index is 0.109. The minimum Gasteiger partial charge on any atom is -0.493 e. The fourth-order valence-corrected chi connectivity index (χ4v) is 8.34. The Morgan fingerprint density at radius 1 is 0.933 bits per heavy atom. The molecule has 230 valence electrons. The smallest absolute Gasteiger partial charge is 0.335 e. The summed E-state index contributed by atoms with van der Waals surface area (Å²) >= 11 is 0. The van der Waals surface area contributed by atoms with E-state index in [4.69, 9.17) is 9.47 Å². The second kappa shape index (κ2) is 11.2. The molecule has 2 N–H and O–H groups in total. The molecule has 0 spiro atoms. The van der Waals surface area contributed by atoms with Gasteiger partial charge in [0.2, 0.25) is 0 Å². The monoisotopic (exact) mass is 606 g/mol. The Bertz CT molecular complexity index is 1710. The van der Waals surface area contributed by atoms with Gasteiger partial charge in [-0.3, -0.25) is 14.9 Å². The van der Waals surface area contributed by atoms with Gasteiger partial charge in [-0.15, -0.1) is 0 Å². The molecular formula is C36H34N2O7. The first kappa shape index (κ1) is 28.8. The molecule has 0 radical (unpaired) electrons. The van der Waals surface area contributed by atoms with Gasteiger partial charge < -0.3 is 14.6 Å². The summed E-state index contributed by atoms with van der Waals surface area (Å²) in [6, 6.07) is 18.4. The standard InChI is InChI=1S/C36H34N2O7/c1-44-31-16-21(5-10-30(31)45-20-22-3-2-4-26(14-22)34(41)42)15-29-32(39)37-35(43)38(33(29)40)28-8-6-27(7-9-28)36-17-23-11-24(18-36)13-25(12-23)19-36/h2-10,14-16,23-25H,11-13,17-20H2,1H3,(H,41,42)(H,37,39,43)/b29-15+. The van der Waals surface area contributed by atoms with Crippen LogP contribution in [0.1, 0.15) is 65.6 Å². The third kappa shape index (κ3) is 5.36. The number of amides is 4. The second-order valence-corrected chi connectivity index (χ2v) is 12.9. The third-order valence-electron chi connectivity index (χ3n) is 9.94. The first-order valence-corrected chi connectivity index (χ1v) is 15.4. The number of anilines is 1. The Morgan fingerprint density at radius 3 is 2.27 bits per heavy atom. The van der Waals surface area contributed by atoms with Crippen LogP contribution in [0, 0.1) is 17.8 Å². The number of carbonyl (C=O) groups is 4. The van der Waals surface area contributed by atoms with Gasteiger partial charge in [0.1, 0.15) is 12.2 Å². The van der Waals surface area contributed by atoms with E-state index in [1.807, 2.05) is 12.1 Å². The highest BCUT2D eigenvalue weighted by atomic mass is 16.5. The van der Waals surface area contributed by atoms with Crippen LogP contribution in [0.25, 0.3) is 6.08 Å². The van der Waals surface area contributed by atoms with Gasteiger partial charge in [-0.05, 0) is 121 Å². The number of carbonyl (C=O) groups excluding carboxylic acids is 3. The fraction of sp³-hybridized carbons (Fsp3) is 0.333. The van der Waals surface area contributed by atoms with E-state index in [1.165, 1.54) is 69.4 Å². The molecule has 4 saturated carbocycles. The molecule has 5 fully saturated rings. The van der Waals surface area contributed by atoms with Gasteiger partial charge >= 0.3 is 12.0 Å². The van der Waals surface area contributed by atoms with E-state index < -0.39 is 23.8 Å². The van der Waals surface area contributed by atoms with E-state index >= 15 is 0 Å². The van der Waals surface area contributed by atoms with Gasteiger partial charge in [0.05, 0.1) is 18.4 Å². The quantitative estimate of drug-likeness (QED) is 0.234. The zero-order valence-electron chi connectivity index (χ0n) is 25.0. The molecule has 9 heteroatoms. The zero-order valence-corrected chi connectivity index (χ0v) is 25.0. The van der Waals surface area contributed by atoms with Gasteiger partial charge in [0, 0.05) is 0 Å². The van der Waals surface area contributed by atoms with Crippen molar-refractivity contribution in [3.63, 3.8) is 0 Å². The molecule has 45 heavy (non-hydrogen) atoms. The summed E-state index contributed by atoms with van der Waals surface area (Å²) in [5, 5.41) is 11.5. The van der Waals surface area contributed by atoms with Crippen LogP contribution in [0.3, 0.4) is 0 Å². The van der Waals surface area contributed by atoms with Crippen molar-refractivity contribution in [1.29, 1.82) is 0 Å². The maximum atomic E-state index is 13.6. The number of rotatable bonds is 8. The molecule has 0 unspecified atom stereocenters. The lowest BCUT2D eigenvalue weighted by Crippen LogP contribution is -2.54. The fourth-order valence-electron chi connectivity index (χ4n) is 8.34. The number of ether oxygens (including phenoxy) is 2. The Hall–Kier alpha value is -4.92. The molecule has 4 amide bonds. The van der Waals surface area contributed by atoms with E-state index in [2.05, 4.69) is 17.4 Å². The number of aromatic carboxylic acids is 1. The highest BCUT2D eigenvalue weighted by Crippen LogP contribution is 2.60. The van der Waals surface area contributed by atoms with Crippen molar-refractivity contribution in [2.24, 2.45) is 17.8 Å². The van der Waals surface area contributed by atoms with E-state index in [9.17, 15) is 24.3 Å². The van der Waals surface area contributed by atoms with Crippen molar-refractivity contribution in [2.45, 2.75) is 50.5 Å². The van der Waals surface area contributed by atoms with Crippen LogP contribution in [0.5, 0.6) is 11.5 Å². The zero-order chi connectivity index (χ0) is 31.3. The summed E-state index contributed by atoms with van der Waals surface area (Å²) in [6.07, 6.45) is 9.13. The first-order chi connectivity index (χ1) is 21.7. The molecule has 0 aromatic heterocycles. The van der Waals surface area contributed by atoms with Crippen LogP contribution in [0.15, 0.2) is 72.3 Å². The second-order valence-electron chi connectivity index (χ2n) is 12.9. The highest BCUT2D eigenvalue weighted by Gasteiger charge is 2.51. The number of nitrogens with zero attached hydrogens (tertiary/aromatic N) is 1. The molecule has 3 aromatic carbocycles. The molecule has 1 aliphatic heterocycles. The Labute approximate surface area is 260 Å². The molecule has 3 aromatic rings. The number of nitrogens with one attached hydrogen (secondary N) is 1. The molecule has 5 aliphatic rings. The normalized spacial score (nSPS) is 26.2. The van der Waals surface area contributed by atoms with Crippen molar-refractivity contribution in [2.75, 3.05) is 12.0 Å². The van der Waals surface area contributed by atoms with Crippen LogP contribution >= 0.6 is 0 Å². The van der Waals surface area contributed by atoms with Crippen LogP contribution in [0.2, 0.25) is 0 Å². The number of hydrogen-bond acceptors (Lipinski definition) is 6. The van der Waals surface area contributed by atoms with Crippen LogP contribution in [0.4, 0.5) is 10.5 Å². The number of carboxylic acids is 1. The van der Waals surface area contributed by atoms with Gasteiger partial charge in [-0.1, -0.05) is 30.3 Å². The predicted molar refractivity (Wildman–Crippen MR) is 166 cm³/mol. The highest BCUT2D eigenvalue weighted by molar-refractivity contribution is 6.39. The summed E-state index contributed by atoms with van der Waals surface area (Å²) in [4.78, 5) is 51.6. The summed E-state index contributed by atoms with van der Waals surface area (Å²) < 4.78 is 11.4. The Balaban J connectivity index is 1.10. The molecular weight excluding hydrogens is 572 g/mol. The topological polar surface area (TPSA) is 122 Å². The van der Waals surface area contributed by atoms with Crippen LogP contribution in [-0.4, -0.2) is 36.0 Å². The Kier molecular flexibility index (Phi) is 7.19. The molecule has 0 atom stereocenters.